The van der Waals surface area contributed by atoms with Crippen molar-refractivity contribution in [3.63, 3.8) is 0 Å². The second-order valence-corrected chi connectivity index (χ2v) is 20.3. The number of amides is 1. The van der Waals surface area contributed by atoms with Crippen LogP contribution in [0.4, 0.5) is 0 Å². The first-order chi connectivity index (χ1) is 32.0. The molecule has 0 radical (unpaired) electrons. The van der Waals surface area contributed by atoms with E-state index in [4.69, 9.17) is 4.74 Å². The molecule has 0 aromatic carbocycles. The van der Waals surface area contributed by atoms with Gasteiger partial charge in [-0.05, 0) is 32.1 Å². The highest BCUT2D eigenvalue weighted by molar-refractivity contribution is 5.76. The van der Waals surface area contributed by atoms with Crippen molar-refractivity contribution in [3.8, 4) is 0 Å². The minimum absolute atomic E-state index is 0.00568. The molecule has 0 aliphatic heterocycles. The first-order valence-corrected chi connectivity index (χ1v) is 29.5. The maximum atomic E-state index is 12.5. The van der Waals surface area contributed by atoms with Crippen LogP contribution in [0.2, 0.25) is 0 Å². The molecule has 0 aromatic heterocycles. The largest absolute Gasteiger partial charge is 0.466 e. The first kappa shape index (κ1) is 63.6. The lowest BCUT2D eigenvalue weighted by atomic mass is 10.0. The van der Waals surface area contributed by atoms with Crippen molar-refractivity contribution < 1.29 is 24.5 Å². The van der Waals surface area contributed by atoms with Crippen LogP contribution in [0.3, 0.4) is 0 Å². The second kappa shape index (κ2) is 55.2. The van der Waals surface area contributed by atoms with E-state index in [9.17, 15) is 19.8 Å². The van der Waals surface area contributed by atoms with E-state index in [0.717, 1.165) is 44.9 Å². The molecule has 386 valence electrons. The molecule has 6 nitrogen and oxygen atoms in total. The molecule has 2 atom stereocenters. The van der Waals surface area contributed by atoms with Gasteiger partial charge in [-0.25, -0.2) is 0 Å². The van der Waals surface area contributed by atoms with Crippen LogP contribution in [-0.2, 0) is 14.3 Å². The summed E-state index contributed by atoms with van der Waals surface area (Å²) in [7, 11) is 0. The molecular formula is C59H115NO5. The van der Waals surface area contributed by atoms with Gasteiger partial charge in [-0.1, -0.05) is 296 Å². The molecule has 0 saturated carbocycles. The Morgan fingerprint density at radius 3 is 1.05 bits per heavy atom. The van der Waals surface area contributed by atoms with Crippen molar-refractivity contribution in [1.29, 1.82) is 0 Å². The van der Waals surface area contributed by atoms with Gasteiger partial charge in [-0.2, -0.15) is 0 Å². The van der Waals surface area contributed by atoms with Crippen LogP contribution in [0, 0.1) is 0 Å². The third-order valence-corrected chi connectivity index (χ3v) is 13.8. The van der Waals surface area contributed by atoms with E-state index >= 15 is 0 Å². The molecule has 2 unspecified atom stereocenters. The highest BCUT2D eigenvalue weighted by Gasteiger charge is 2.18. The van der Waals surface area contributed by atoms with Gasteiger partial charge in [-0.3, -0.25) is 9.59 Å². The Kier molecular flexibility index (Phi) is 54.0. The number of carbonyl (C=O) groups excluding carboxylic acids is 2. The van der Waals surface area contributed by atoms with Crippen molar-refractivity contribution in [2.24, 2.45) is 0 Å². The molecule has 0 saturated heterocycles. The van der Waals surface area contributed by atoms with E-state index in [1.165, 1.54) is 257 Å². The number of carbonyl (C=O) groups is 2. The molecule has 0 aromatic rings. The third-order valence-electron chi connectivity index (χ3n) is 13.8. The molecule has 0 aliphatic rings. The topological polar surface area (TPSA) is 95.9 Å². The third kappa shape index (κ3) is 51.8. The monoisotopic (exact) mass is 918 g/mol. The van der Waals surface area contributed by atoms with Gasteiger partial charge in [0.2, 0.25) is 5.91 Å². The molecule has 6 heteroatoms. The Hall–Kier alpha value is -1.40. The van der Waals surface area contributed by atoms with Gasteiger partial charge in [0.1, 0.15) is 0 Å². The number of esters is 1. The van der Waals surface area contributed by atoms with Crippen LogP contribution in [-0.4, -0.2) is 47.4 Å². The highest BCUT2D eigenvalue weighted by atomic mass is 16.5. The van der Waals surface area contributed by atoms with Crippen LogP contribution in [0.5, 0.6) is 0 Å². The molecule has 0 fully saturated rings. The zero-order chi connectivity index (χ0) is 47.2. The maximum absolute atomic E-state index is 12.5. The summed E-state index contributed by atoms with van der Waals surface area (Å²) in [5, 5.41) is 23.1. The summed E-state index contributed by atoms with van der Waals surface area (Å²) in [6, 6.07) is -0.632. The zero-order valence-electron chi connectivity index (χ0n) is 44.0. The van der Waals surface area contributed by atoms with Crippen LogP contribution >= 0.6 is 0 Å². The zero-order valence-corrected chi connectivity index (χ0v) is 44.0. The van der Waals surface area contributed by atoms with Gasteiger partial charge >= 0.3 is 5.97 Å². The van der Waals surface area contributed by atoms with E-state index in [-0.39, 0.29) is 18.5 Å². The normalized spacial score (nSPS) is 12.6. The lowest BCUT2D eigenvalue weighted by Gasteiger charge is -2.20. The van der Waals surface area contributed by atoms with Crippen molar-refractivity contribution in [2.45, 2.75) is 341 Å². The molecule has 1 amide bonds. The summed E-state index contributed by atoms with van der Waals surface area (Å²) in [6.45, 7) is 4.92. The molecule has 0 spiro atoms. The fourth-order valence-corrected chi connectivity index (χ4v) is 9.28. The van der Waals surface area contributed by atoms with Crippen LogP contribution in [0.25, 0.3) is 0 Å². The fourth-order valence-electron chi connectivity index (χ4n) is 9.28. The summed E-state index contributed by atoms with van der Waals surface area (Å²) in [4.78, 5) is 24.5. The molecule has 65 heavy (non-hydrogen) atoms. The molecule has 0 bridgehead atoms. The van der Waals surface area contributed by atoms with Crippen LogP contribution in [0.15, 0.2) is 12.2 Å². The molecule has 3 N–H and O–H groups in total. The van der Waals surface area contributed by atoms with Crippen molar-refractivity contribution in [2.75, 3.05) is 13.2 Å². The smallest absolute Gasteiger partial charge is 0.305 e. The summed E-state index contributed by atoms with van der Waals surface area (Å²) in [6.07, 6.45) is 65.1. The number of hydrogen-bond donors (Lipinski definition) is 3. The summed E-state index contributed by atoms with van der Waals surface area (Å²) < 4.78 is 5.48. The second-order valence-electron chi connectivity index (χ2n) is 20.3. The first-order valence-electron chi connectivity index (χ1n) is 29.5. The Morgan fingerprint density at radius 1 is 0.415 bits per heavy atom. The Bertz CT molecular complexity index is 970. The SMILES string of the molecule is CCCCCCCCCCCCCCCCC/C=C/C(O)C(CO)NC(=O)CCCCCCCCCCCCCCCCCCOC(=O)CCCCCCCCCCCCCCCCC. The number of aliphatic hydroxyl groups is 2. The minimum atomic E-state index is -0.848. The number of nitrogens with one attached hydrogen (secondary N) is 1. The quantitative estimate of drug-likeness (QED) is 0.0321. The van der Waals surface area contributed by atoms with Gasteiger partial charge in [0.05, 0.1) is 25.4 Å². The average molecular weight is 919 g/mol. The standard InChI is InChI=1S/C59H115NO5/c1-3-5-7-9-11-13-15-17-19-20-24-27-31-35-39-43-47-51-57(62)56(55-61)60-58(63)52-48-44-40-36-32-28-25-21-22-26-30-34-38-42-46-50-54-65-59(64)53-49-45-41-37-33-29-23-18-16-14-12-10-8-6-4-2/h47,51,56-57,61-62H,3-46,48-50,52-55H2,1-2H3,(H,60,63)/b51-47+. The maximum Gasteiger partial charge on any atom is 0.305 e. The Balaban J connectivity index is 3.44. The van der Waals surface area contributed by atoms with Crippen molar-refractivity contribution in [1.82, 2.24) is 5.32 Å². The number of ether oxygens (including phenoxy) is 1. The predicted molar refractivity (Wildman–Crippen MR) is 283 cm³/mol. The number of rotatable bonds is 55. The van der Waals surface area contributed by atoms with Gasteiger partial charge in [0, 0.05) is 12.8 Å². The highest BCUT2D eigenvalue weighted by Crippen LogP contribution is 2.17. The van der Waals surface area contributed by atoms with Gasteiger partial charge in [0.15, 0.2) is 0 Å². The van der Waals surface area contributed by atoms with Crippen molar-refractivity contribution >= 4 is 11.9 Å². The van der Waals surface area contributed by atoms with E-state index in [1.54, 1.807) is 6.08 Å². The summed E-state index contributed by atoms with van der Waals surface area (Å²) >= 11 is 0. The minimum Gasteiger partial charge on any atom is -0.466 e. The van der Waals surface area contributed by atoms with Gasteiger partial charge < -0.3 is 20.3 Å². The molecule has 0 heterocycles. The number of hydrogen-bond acceptors (Lipinski definition) is 5. The summed E-state index contributed by atoms with van der Waals surface area (Å²) in [5.74, 6) is -0.0663. The Morgan fingerprint density at radius 2 is 0.708 bits per heavy atom. The molecular weight excluding hydrogens is 803 g/mol. The predicted octanol–water partition coefficient (Wildman–Crippen LogP) is 18.1. The Labute approximate surface area is 406 Å². The molecule has 0 aliphatic carbocycles. The van der Waals surface area contributed by atoms with Crippen molar-refractivity contribution in [3.05, 3.63) is 12.2 Å². The number of allylic oxidation sites excluding steroid dienone is 1. The van der Waals surface area contributed by atoms with Gasteiger partial charge in [-0.15, -0.1) is 0 Å². The average Bonchev–Trinajstić information content (AvgIpc) is 3.31. The number of unbranched alkanes of at least 4 members (excludes halogenated alkanes) is 44. The fraction of sp³-hybridized carbons (Fsp3) is 0.932. The van der Waals surface area contributed by atoms with E-state index in [1.807, 2.05) is 6.08 Å². The van der Waals surface area contributed by atoms with E-state index < -0.39 is 12.1 Å². The lowest BCUT2D eigenvalue weighted by molar-refractivity contribution is -0.143. The lowest BCUT2D eigenvalue weighted by Crippen LogP contribution is -2.45. The number of aliphatic hydroxyl groups excluding tert-OH is 2. The van der Waals surface area contributed by atoms with E-state index in [0.29, 0.717) is 19.4 Å². The van der Waals surface area contributed by atoms with Crippen LogP contribution in [0.1, 0.15) is 328 Å². The van der Waals surface area contributed by atoms with E-state index in [2.05, 4.69) is 19.2 Å². The van der Waals surface area contributed by atoms with Gasteiger partial charge in [0.25, 0.3) is 0 Å². The van der Waals surface area contributed by atoms with Crippen LogP contribution < -0.4 is 5.32 Å². The summed E-state index contributed by atoms with van der Waals surface area (Å²) in [5.41, 5.74) is 0. The molecule has 0 rings (SSSR count).